The van der Waals surface area contributed by atoms with Crippen LogP contribution in [0, 0.1) is 15.3 Å². The summed E-state index contributed by atoms with van der Waals surface area (Å²) < 4.78 is 4.83. The largest absolute Gasteiger partial charge is 0.590 e. The molecule has 1 aromatic carbocycles. The molecule has 14 heavy (non-hydrogen) atoms. The number of methoxy groups -OCH3 is 1. The van der Waals surface area contributed by atoms with Crippen molar-refractivity contribution < 1.29 is 14.6 Å². The Morgan fingerprint density at radius 3 is 2.71 bits per heavy atom. The summed E-state index contributed by atoms with van der Waals surface area (Å²) in [5, 5.41) is 22.4. The lowest BCUT2D eigenvalue weighted by atomic mass is 10.3. The zero-order valence-electron chi connectivity index (χ0n) is 7.28. The molecule has 0 fully saturated rings. The van der Waals surface area contributed by atoms with Crippen molar-refractivity contribution in [1.82, 2.24) is 0 Å². The van der Waals surface area contributed by atoms with Crippen LogP contribution >= 0.6 is 0 Å². The van der Waals surface area contributed by atoms with Gasteiger partial charge in [0.25, 0.3) is 10.7 Å². The molecule has 0 aliphatic heterocycles. The number of nitro groups is 1. The minimum absolute atomic E-state index is 0.0426. The standard InChI is InChI=1S/C7H7N3O4/c1-14-7-4-2-3-6(5-7)9(11)8-10(12)13/h2-5H,1H3. The average Bonchev–Trinajstić information content (AvgIpc) is 2.17. The molecule has 7 nitrogen and oxygen atoms in total. The van der Waals surface area contributed by atoms with Crippen LogP contribution in [0.4, 0.5) is 5.69 Å². The van der Waals surface area contributed by atoms with E-state index in [-0.39, 0.29) is 10.5 Å². The second-order valence-corrected chi connectivity index (χ2v) is 2.30. The first kappa shape index (κ1) is 9.90. The summed E-state index contributed by atoms with van der Waals surface area (Å²) in [5.41, 5.74) is 0.0426. The van der Waals surface area contributed by atoms with E-state index in [1.165, 1.54) is 25.3 Å². The molecule has 0 bridgehead atoms. The Kier molecular flexibility index (Phi) is 2.95. The number of benzene rings is 1. The molecule has 0 spiro atoms. The molecule has 7 heteroatoms. The van der Waals surface area contributed by atoms with Gasteiger partial charge in [0.1, 0.15) is 5.75 Å². The Hall–Kier alpha value is -2.18. The first-order valence-corrected chi connectivity index (χ1v) is 3.61. The molecule has 1 rings (SSSR count). The zero-order chi connectivity index (χ0) is 10.6. The van der Waals surface area contributed by atoms with Crippen molar-refractivity contribution in [3.05, 3.63) is 39.6 Å². The third kappa shape index (κ3) is 2.41. The van der Waals surface area contributed by atoms with Gasteiger partial charge in [0, 0.05) is 10.9 Å². The summed E-state index contributed by atoms with van der Waals surface area (Å²) in [4.78, 5) is 9.82. The number of rotatable bonds is 3. The quantitative estimate of drug-likeness (QED) is 0.317. The Morgan fingerprint density at radius 1 is 1.43 bits per heavy atom. The van der Waals surface area contributed by atoms with Crippen molar-refractivity contribution in [2.75, 3.05) is 7.11 Å². The minimum Gasteiger partial charge on any atom is -0.590 e. The summed E-state index contributed by atoms with van der Waals surface area (Å²) in [6.45, 7) is 0. The van der Waals surface area contributed by atoms with E-state index in [1.807, 2.05) is 0 Å². The summed E-state index contributed by atoms with van der Waals surface area (Å²) in [5.74, 6) is 0.432. The molecule has 0 amide bonds. The van der Waals surface area contributed by atoms with E-state index in [2.05, 4.69) is 5.22 Å². The monoisotopic (exact) mass is 197 g/mol. The maximum Gasteiger partial charge on any atom is 0.349 e. The second kappa shape index (κ2) is 4.17. The number of ether oxygens (including phenoxy) is 1. The van der Waals surface area contributed by atoms with Crippen LogP contribution in [-0.4, -0.2) is 17.0 Å². The Balaban J connectivity index is 3.01. The summed E-state index contributed by atoms with van der Waals surface area (Å²) >= 11 is 0. The lowest BCUT2D eigenvalue weighted by molar-refractivity contribution is -0.642. The molecule has 0 unspecified atom stereocenters. The minimum atomic E-state index is -1.06. The number of nitrogens with zero attached hydrogens (tertiary/aromatic N) is 3. The van der Waals surface area contributed by atoms with Gasteiger partial charge < -0.3 is 9.94 Å². The molecular weight excluding hydrogens is 190 g/mol. The summed E-state index contributed by atoms with van der Waals surface area (Å²) in [7, 11) is 1.43. The molecule has 0 saturated heterocycles. The van der Waals surface area contributed by atoms with Crippen LogP contribution in [0.15, 0.2) is 29.5 Å². The molecule has 0 aliphatic rings. The highest BCUT2D eigenvalue weighted by Gasteiger charge is 2.09. The van der Waals surface area contributed by atoms with Gasteiger partial charge in [-0.05, 0) is 6.07 Å². The van der Waals surface area contributed by atoms with Crippen LogP contribution in [0.3, 0.4) is 0 Å². The first-order valence-electron chi connectivity index (χ1n) is 3.61. The Labute approximate surface area is 78.9 Å². The van der Waals surface area contributed by atoms with Crippen molar-refractivity contribution in [3.63, 3.8) is 0 Å². The summed E-state index contributed by atoms with van der Waals surface area (Å²) in [6.07, 6.45) is 0. The van der Waals surface area contributed by atoms with Gasteiger partial charge in [-0.25, -0.2) is 10.1 Å². The molecule has 0 aromatic heterocycles. The smallest absolute Gasteiger partial charge is 0.349 e. The van der Waals surface area contributed by atoms with Crippen molar-refractivity contribution >= 4 is 5.69 Å². The van der Waals surface area contributed by atoms with Gasteiger partial charge in [-0.15, -0.1) is 0 Å². The van der Waals surface area contributed by atoms with E-state index in [4.69, 9.17) is 4.74 Å². The molecular formula is C7H7N3O4. The molecule has 0 atom stereocenters. The third-order valence-electron chi connectivity index (χ3n) is 1.43. The lowest BCUT2D eigenvalue weighted by Gasteiger charge is -1.99. The highest BCUT2D eigenvalue weighted by Crippen LogP contribution is 2.18. The number of hydrogen-bond acceptors (Lipinski definition) is 4. The van der Waals surface area contributed by atoms with Gasteiger partial charge in [0.2, 0.25) is 0 Å². The van der Waals surface area contributed by atoms with Crippen molar-refractivity contribution in [1.29, 1.82) is 0 Å². The fourth-order valence-corrected chi connectivity index (χ4v) is 0.847. The van der Waals surface area contributed by atoms with Crippen LogP contribution in [0.2, 0.25) is 0 Å². The molecule has 0 aliphatic carbocycles. The van der Waals surface area contributed by atoms with Crippen molar-refractivity contribution in [2.24, 2.45) is 5.22 Å². The molecule has 0 saturated carbocycles. The van der Waals surface area contributed by atoms with E-state index >= 15 is 0 Å². The fraction of sp³-hybridized carbons (Fsp3) is 0.143. The van der Waals surface area contributed by atoms with Gasteiger partial charge in [-0.1, -0.05) is 6.07 Å². The van der Waals surface area contributed by atoms with Crippen LogP contribution in [0.1, 0.15) is 0 Å². The van der Waals surface area contributed by atoms with Crippen LogP contribution in [-0.2, 0) is 0 Å². The second-order valence-electron chi connectivity index (χ2n) is 2.30. The van der Waals surface area contributed by atoms with Gasteiger partial charge >= 0.3 is 5.22 Å². The Morgan fingerprint density at radius 2 is 2.14 bits per heavy atom. The van der Waals surface area contributed by atoms with Crippen molar-refractivity contribution in [3.8, 4) is 5.75 Å². The zero-order valence-corrected chi connectivity index (χ0v) is 7.28. The predicted molar refractivity (Wildman–Crippen MR) is 45.7 cm³/mol. The van der Waals surface area contributed by atoms with E-state index in [9.17, 15) is 15.3 Å². The number of hydrogen-bond donors (Lipinski definition) is 0. The maximum atomic E-state index is 11.0. The van der Waals surface area contributed by atoms with E-state index in [1.54, 1.807) is 6.07 Å². The van der Waals surface area contributed by atoms with Crippen LogP contribution in [0.5, 0.6) is 5.75 Å². The fourth-order valence-electron chi connectivity index (χ4n) is 0.847. The lowest BCUT2D eigenvalue weighted by Crippen LogP contribution is -1.97. The van der Waals surface area contributed by atoms with E-state index < -0.39 is 5.03 Å². The first-order chi connectivity index (χ1) is 6.63. The Bertz CT molecular complexity index is 377. The highest BCUT2D eigenvalue weighted by molar-refractivity contribution is 5.37. The topological polar surface area (TPSA) is 90.8 Å². The molecule has 0 radical (unpaired) electrons. The van der Waals surface area contributed by atoms with Crippen LogP contribution < -0.4 is 4.74 Å². The normalized spacial score (nSPS) is 11.1. The molecule has 0 heterocycles. The van der Waals surface area contributed by atoms with E-state index in [0.29, 0.717) is 5.75 Å². The van der Waals surface area contributed by atoms with Gasteiger partial charge in [0.05, 0.1) is 13.2 Å². The van der Waals surface area contributed by atoms with Gasteiger partial charge in [-0.2, -0.15) is 0 Å². The summed E-state index contributed by atoms with van der Waals surface area (Å²) in [6, 6.07) is 5.89. The van der Waals surface area contributed by atoms with Crippen LogP contribution in [0.25, 0.3) is 0 Å². The SMILES string of the molecule is COc1cccc([N+]([O-])=N[N+](=O)[O-])c1. The highest BCUT2D eigenvalue weighted by atomic mass is 16.7. The third-order valence-corrected chi connectivity index (χ3v) is 1.43. The van der Waals surface area contributed by atoms with E-state index in [0.717, 1.165) is 0 Å². The maximum absolute atomic E-state index is 11.0. The van der Waals surface area contributed by atoms with Gasteiger partial charge in [0.15, 0.2) is 0 Å². The van der Waals surface area contributed by atoms with Crippen molar-refractivity contribution in [2.45, 2.75) is 0 Å². The predicted octanol–water partition coefficient (Wildman–Crippen LogP) is 1.48. The molecule has 1 aromatic rings. The molecule has 74 valence electrons. The average molecular weight is 197 g/mol. The van der Waals surface area contributed by atoms with Gasteiger partial charge in [-0.3, -0.25) is 0 Å². The molecule has 0 N–H and O–H groups in total.